The van der Waals surface area contributed by atoms with Crippen LogP contribution < -0.4 is 0 Å². The Hall–Kier alpha value is -1.68. The van der Waals surface area contributed by atoms with Gasteiger partial charge in [-0.25, -0.2) is 0 Å². The van der Waals surface area contributed by atoms with Crippen LogP contribution in [-0.4, -0.2) is 11.4 Å². The van der Waals surface area contributed by atoms with Gasteiger partial charge in [-0.1, -0.05) is 13.8 Å². The van der Waals surface area contributed by atoms with Crippen LogP contribution in [0.25, 0.3) is 0 Å². The molecule has 0 heterocycles. The highest BCUT2D eigenvalue weighted by atomic mass is 15.2. The van der Waals surface area contributed by atoms with Gasteiger partial charge < -0.3 is 0 Å². The van der Waals surface area contributed by atoms with Gasteiger partial charge in [0.15, 0.2) is 0 Å². The van der Waals surface area contributed by atoms with Gasteiger partial charge in [-0.15, -0.1) is 0 Å². The Labute approximate surface area is 128 Å². The van der Waals surface area contributed by atoms with Gasteiger partial charge in [-0.2, -0.15) is 20.7 Å². The number of rotatable bonds is 3. The van der Waals surface area contributed by atoms with E-state index in [2.05, 4.69) is 36.2 Å². The van der Waals surface area contributed by atoms with E-state index < -0.39 is 5.41 Å². The summed E-state index contributed by atoms with van der Waals surface area (Å²) in [6, 6.07) is 4.70. The summed E-state index contributed by atoms with van der Waals surface area (Å²) in [5.41, 5.74) is 1.16. The van der Waals surface area contributed by atoms with Gasteiger partial charge in [-0.05, 0) is 46.0 Å². The van der Waals surface area contributed by atoms with Gasteiger partial charge in [0.2, 0.25) is 0 Å². The minimum absolute atomic E-state index is 0.0803. The Morgan fingerprint density at radius 1 is 1.24 bits per heavy atom. The van der Waals surface area contributed by atoms with Crippen LogP contribution in [0.4, 0.5) is 0 Å². The van der Waals surface area contributed by atoms with E-state index in [0.29, 0.717) is 12.8 Å². The topological polar surface area (TPSA) is 72.3 Å². The number of nitrogens with zero attached hydrogens (tertiary/aromatic N) is 4. The summed E-state index contributed by atoms with van der Waals surface area (Å²) in [6.45, 7) is 12.0. The van der Waals surface area contributed by atoms with Crippen LogP contribution in [0.5, 0.6) is 0 Å². The fraction of sp³-hybridized carbons (Fsp3) is 0.765. The highest BCUT2D eigenvalue weighted by molar-refractivity contribution is 5.89. The second-order valence-corrected chi connectivity index (χ2v) is 8.04. The van der Waals surface area contributed by atoms with Gasteiger partial charge in [0.05, 0.1) is 23.0 Å². The molecule has 0 aromatic heterocycles. The molecule has 114 valence electrons. The van der Waals surface area contributed by atoms with Crippen LogP contribution >= 0.6 is 0 Å². The lowest BCUT2D eigenvalue weighted by molar-refractivity contribution is 0.215. The first kappa shape index (κ1) is 17.4. The lowest BCUT2D eigenvalue weighted by atomic mass is 9.64. The highest BCUT2D eigenvalue weighted by Crippen LogP contribution is 2.44. The molecule has 4 nitrogen and oxygen atoms in total. The van der Waals surface area contributed by atoms with Crippen molar-refractivity contribution in [2.24, 2.45) is 26.4 Å². The van der Waals surface area contributed by atoms with Crippen LogP contribution in [-0.2, 0) is 0 Å². The molecule has 1 aliphatic rings. The Morgan fingerprint density at radius 2 is 1.86 bits per heavy atom. The summed E-state index contributed by atoms with van der Waals surface area (Å²) >= 11 is 0. The van der Waals surface area contributed by atoms with Gasteiger partial charge in [0, 0.05) is 24.3 Å². The van der Waals surface area contributed by atoms with Crippen LogP contribution in [0.3, 0.4) is 0 Å². The van der Waals surface area contributed by atoms with E-state index in [-0.39, 0.29) is 10.8 Å². The van der Waals surface area contributed by atoms with Gasteiger partial charge in [0.1, 0.15) is 0 Å². The van der Waals surface area contributed by atoms with E-state index in [9.17, 15) is 5.26 Å². The summed E-state index contributed by atoms with van der Waals surface area (Å²) in [6.07, 6.45) is 3.06. The fourth-order valence-electron chi connectivity index (χ4n) is 3.27. The molecule has 0 aromatic rings. The summed E-state index contributed by atoms with van der Waals surface area (Å²) in [5.74, 6) is 0. The molecule has 1 fully saturated rings. The third kappa shape index (κ3) is 5.31. The predicted molar refractivity (Wildman–Crippen MR) is 85.9 cm³/mol. The van der Waals surface area contributed by atoms with Crippen LogP contribution in [0.2, 0.25) is 0 Å². The average molecular weight is 286 g/mol. The lowest BCUT2D eigenvalue weighted by Gasteiger charge is -2.38. The molecule has 1 aliphatic carbocycles. The lowest BCUT2D eigenvalue weighted by Crippen LogP contribution is -2.35. The standard InChI is InChI=1S/C17H26N4/c1-13(7-16(4,5)11-18)20-21-14-8-15(2,3)10-17(6,9-14)12-19/h7-10H2,1-6H3/b20-13+,21-14-. The molecular formula is C17H26N4. The maximum Gasteiger partial charge on any atom is 0.0691 e. The zero-order valence-corrected chi connectivity index (χ0v) is 14.1. The van der Waals surface area contributed by atoms with Crippen molar-refractivity contribution >= 4 is 11.4 Å². The highest BCUT2D eigenvalue weighted by Gasteiger charge is 2.39. The summed E-state index contributed by atoms with van der Waals surface area (Å²) in [4.78, 5) is 0. The van der Waals surface area contributed by atoms with Crippen LogP contribution in [0, 0.1) is 38.9 Å². The van der Waals surface area contributed by atoms with Crippen LogP contribution in [0.1, 0.15) is 67.2 Å². The SMILES string of the molecule is C/C(CC(C)(C)C#N)=N\N=C1\CC(C)(C)CC(C)(C#N)C1. The molecular weight excluding hydrogens is 260 g/mol. The monoisotopic (exact) mass is 286 g/mol. The largest absolute Gasteiger partial charge is 0.198 e. The van der Waals surface area contributed by atoms with Crippen LogP contribution in [0.15, 0.2) is 10.2 Å². The van der Waals surface area contributed by atoms with E-state index in [4.69, 9.17) is 5.26 Å². The van der Waals surface area contributed by atoms with E-state index in [1.807, 2.05) is 27.7 Å². The van der Waals surface area contributed by atoms with Gasteiger partial charge in [-0.3, -0.25) is 0 Å². The van der Waals surface area contributed by atoms with Crippen molar-refractivity contribution in [2.45, 2.75) is 67.2 Å². The van der Waals surface area contributed by atoms with Crippen molar-refractivity contribution in [1.82, 2.24) is 0 Å². The Morgan fingerprint density at radius 3 is 2.38 bits per heavy atom. The van der Waals surface area contributed by atoms with Crippen molar-refractivity contribution in [3.8, 4) is 12.1 Å². The van der Waals surface area contributed by atoms with Crippen molar-refractivity contribution in [3.63, 3.8) is 0 Å². The Balaban J connectivity index is 2.90. The normalized spacial score (nSPS) is 28.0. The van der Waals surface area contributed by atoms with Crippen molar-refractivity contribution in [2.75, 3.05) is 0 Å². The van der Waals surface area contributed by atoms with E-state index in [1.165, 1.54) is 0 Å². The maximum atomic E-state index is 9.39. The molecule has 1 saturated carbocycles. The first-order valence-corrected chi connectivity index (χ1v) is 7.42. The number of hydrogen-bond acceptors (Lipinski definition) is 4. The fourth-order valence-corrected chi connectivity index (χ4v) is 3.27. The smallest absolute Gasteiger partial charge is 0.0691 e. The minimum Gasteiger partial charge on any atom is -0.198 e. The zero-order chi connectivity index (χ0) is 16.3. The molecule has 0 aliphatic heterocycles. The van der Waals surface area contributed by atoms with Crippen molar-refractivity contribution in [1.29, 1.82) is 10.5 Å². The van der Waals surface area contributed by atoms with E-state index in [1.54, 1.807) is 0 Å². The zero-order valence-electron chi connectivity index (χ0n) is 14.1. The molecule has 0 spiro atoms. The van der Waals surface area contributed by atoms with E-state index in [0.717, 1.165) is 24.3 Å². The minimum atomic E-state index is -0.416. The summed E-state index contributed by atoms with van der Waals surface area (Å²) in [7, 11) is 0. The first-order chi connectivity index (χ1) is 9.51. The van der Waals surface area contributed by atoms with Gasteiger partial charge in [0.25, 0.3) is 0 Å². The third-order valence-electron chi connectivity index (χ3n) is 3.78. The van der Waals surface area contributed by atoms with Gasteiger partial charge >= 0.3 is 0 Å². The molecule has 0 bridgehead atoms. The molecule has 0 saturated heterocycles. The molecule has 0 aromatic carbocycles. The Kier molecular flexibility index (Phi) is 4.95. The molecule has 21 heavy (non-hydrogen) atoms. The molecule has 1 rings (SSSR count). The van der Waals surface area contributed by atoms with E-state index >= 15 is 0 Å². The summed E-state index contributed by atoms with van der Waals surface area (Å²) in [5, 5.41) is 27.1. The number of hydrogen-bond donors (Lipinski definition) is 0. The molecule has 4 heteroatoms. The first-order valence-electron chi connectivity index (χ1n) is 7.42. The molecule has 0 N–H and O–H groups in total. The van der Waals surface area contributed by atoms with Crippen molar-refractivity contribution in [3.05, 3.63) is 0 Å². The third-order valence-corrected chi connectivity index (χ3v) is 3.78. The summed E-state index contributed by atoms with van der Waals surface area (Å²) < 4.78 is 0. The number of nitriles is 2. The predicted octanol–water partition coefficient (Wildman–Crippen LogP) is 4.48. The maximum absolute atomic E-state index is 9.39. The second kappa shape index (κ2) is 5.98. The molecule has 1 atom stereocenters. The molecule has 1 unspecified atom stereocenters. The quantitative estimate of drug-likeness (QED) is 0.566. The molecule has 0 radical (unpaired) electrons. The Bertz CT molecular complexity index is 540. The second-order valence-electron chi connectivity index (χ2n) is 8.04. The van der Waals surface area contributed by atoms with Crippen molar-refractivity contribution < 1.29 is 0 Å². The molecule has 0 amide bonds. The average Bonchev–Trinajstić information content (AvgIpc) is 2.34.